The van der Waals surface area contributed by atoms with Crippen LogP contribution in [0.1, 0.15) is 25.8 Å². The second-order valence-corrected chi connectivity index (χ2v) is 4.64. The van der Waals surface area contributed by atoms with E-state index in [9.17, 15) is 0 Å². The van der Waals surface area contributed by atoms with E-state index in [-0.39, 0.29) is 0 Å². The van der Waals surface area contributed by atoms with Gasteiger partial charge in [0.1, 0.15) is 6.07 Å². The Kier molecular flexibility index (Phi) is 6.03. The molecule has 0 bridgehead atoms. The largest absolute Gasteiger partial charge is 0.399 e. The zero-order chi connectivity index (χ0) is 13.4. The van der Waals surface area contributed by atoms with Gasteiger partial charge in [-0.2, -0.15) is 5.26 Å². The number of hydrogen-bond donors (Lipinski definition) is 2. The molecule has 0 aliphatic carbocycles. The van der Waals surface area contributed by atoms with Crippen molar-refractivity contribution in [2.45, 2.75) is 20.3 Å². The van der Waals surface area contributed by atoms with Gasteiger partial charge in [0.25, 0.3) is 0 Å². The van der Waals surface area contributed by atoms with Gasteiger partial charge in [-0.05, 0) is 30.5 Å². The lowest BCUT2D eigenvalue weighted by Gasteiger charge is -2.10. The van der Waals surface area contributed by atoms with Crippen molar-refractivity contribution in [2.75, 3.05) is 30.8 Å². The summed E-state index contributed by atoms with van der Waals surface area (Å²) in [6.07, 6.45) is 1.07. The van der Waals surface area contributed by atoms with E-state index in [0.717, 1.165) is 18.7 Å². The second kappa shape index (κ2) is 7.57. The van der Waals surface area contributed by atoms with Crippen molar-refractivity contribution in [1.29, 1.82) is 5.26 Å². The highest BCUT2D eigenvalue weighted by molar-refractivity contribution is 5.62. The quantitative estimate of drug-likeness (QED) is 0.574. The lowest BCUT2D eigenvalue weighted by Crippen LogP contribution is -2.11. The summed E-state index contributed by atoms with van der Waals surface area (Å²) in [6.45, 7) is 6.47. The average molecular weight is 247 g/mol. The zero-order valence-corrected chi connectivity index (χ0v) is 11.1. The van der Waals surface area contributed by atoms with Crippen LogP contribution in [-0.4, -0.2) is 19.8 Å². The molecular weight excluding hydrogens is 226 g/mol. The van der Waals surface area contributed by atoms with Gasteiger partial charge in [-0.1, -0.05) is 13.8 Å². The molecule has 0 aliphatic rings. The van der Waals surface area contributed by atoms with Gasteiger partial charge in [-0.3, -0.25) is 0 Å². The summed E-state index contributed by atoms with van der Waals surface area (Å²) in [5.41, 5.74) is 7.60. The van der Waals surface area contributed by atoms with Gasteiger partial charge in [0, 0.05) is 18.8 Å². The van der Waals surface area contributed by atoms with Crippen molar-refractivity contribution in [3.8, 4) is 6.07 Å². The first kappa shape index (κ1) is 14.3. The Labute approximate surface area is 109 Å². The first-order chi connectivity index (χ1) is 8.63. The number of benzene rings is 1. The molecule has 0 saturated heterocycles. The maximum absolute atomic E-state index is 8.97. The predicted molar refractivity (Wildman–Crippen MR) is 74.3 cm³/mol. The molecule has 0 unspecified atom stereocenters. The van der Waals surface area contributed by atoms with Gasteiger partial charge in [-0.25, -0.2) is 0 Å². The molecular formula is C14H21N3O. The van der Waals surface area contributed by atoms with Crippen LogP contribution in [0.25, 0.3) is 0 Å². The van der Waals surface area contributed by atoms with Crippen molar-refractivity contribution < 1.29 is 4.74 Å². The molecule has 1 rings (SSSR count). The van der Waals surface area contributed by atoms with Gasteiger partial charge in [-0.15, -0.1) is 0 Å². The van der Waals surface area contributed by atoms with Crippen LogP contribution in [0, 0.1) is 17.2 Å². The number of nitrogen functional groups attached to an aromatic ring is 1. The summed E-state index contributed by atoms with van der Waals surface area (Å²) in [5, 5.41) is 12.1. The fraction of sp³-hybridized carbons (Fsp3) is 0.500. The summed E-state index contributed by atoms with van der Waals surface area (Å²) in [6, 6.07) is 7.39. The predicted octanol–water partition coefficient (Wildman–Crippen LogP) is 2.62. The topological polar surface area (TPSA) is 71.1 Å². The Morgan fingerprint density at radius 2 is 2.17 bits per heavy atom. The Morgan fingerprint density at radius 1 is 1.39 bits per heavy atom. The number of anilines is 2. The molecule has 0 saturated carbocycles. The molecule has 0 atom stereocenters. The molecule has 0 fully saturated rings. The van der Waals surface area contributed by atoms with Gasteiger partial charge in [0.05, 0.1) is 17.9 Å². The highest BCUT2D eigenvalue weighted by Gasteiger charge is 2.01. The van der Waals surface area contributed by atoms with Gasteiger partial charge in [0.2, 0.25) is 0 Å². The maximum Gasteiger partial charge on any atom is 0.101 e. The molecule has 1 aromatic carbocycles. The summed E-state index contributed by atoms with van der Waals surface area (Å²) in [4.78, 5) is 0. The average Bonchev–Trinajstić information content (AvgIpc) is 2.34. The van der Waals surface area contributed by atoms with Crippen molar-refractivity contribution >= 4 is 11.4 Å². The summed E-state index contributed by atoms with van der Waals surface area (Å²) in [7, 11) is 0. The van der Waals surface area contributed by atoms with Crippen LogP contribution in [0.15, 0.2) is 18.2 Å². The van der Waals surface area contributed by atoms with Crippen LogP contribution >= 0.6 is 0 Å². The standard InChI is InChI=1S/C14H21N3O/c1-11(2)5-7-18-8-6-17-14-4-3-13(16)9-12(14)10-15/h3-4,9,11,17H,5-8,16H2,1-2H3. The third-order valence-electron chi connectivity index (χ3n) is 2.57. The molecule has 4 nitrogen and oxygen atoms in total. The van der Waals surface area contributed by atoms with E-state index < -0.39 is 0 Å². The number of nitrogens with two attached hydrogens (primary N) is 1. The molecule has 0 spiro atoms. The van der Waals surface area contributed by atoms with Crippen molar-refractivity contribution in [2.24, 2.45) is 5.92 Å². The molecule has 1 aromatic rings. The molecule has 98 valence electrons. The van der Waals surface area contributed by atoms with E-state index in [4.69, 9.17) is 15.7 Å². The lowest BCUT2D eigenvalue weighted by molar-refractivity contribution is 0.132. The van der Waals surface area contributed by atoms with Crippen LogP contribution in [0.4, 0.5) is 11.4 Å². The van der Waals surface area contributed by atoms with E-state index in [1.165, 1.54) is 0 Å². The third-order valence-corrected chi connectivity index (χ3v) is 2.57. The van der Waals surface area contributed by atoms with Gasteiger partial charge in [0.15, 0.2) is 0 Å². The first-order valence-corrected chi connectivity index (χ1v) is 6.24. The molecule has 0 amide bonds. The van der Waals surface area contributed by atoms with Crippen molar-refractivity contribution in [3.63, 3.8) is 0 Å². The van der Waals surface area contributed by atoms with Crippen molar-refractivity contribution in [1.82, 2.24) is 0 Å². The second-order valence-electron chi connectivity index (χ2n) is 4.64. The maximum atomic E-state index is 8.97. The SMILES string of the molecule is CC(C)CCOCCNc1ccc(N)cc1C#N. The number of nitrogens with one attached hydrogen (secondary N) is 1. The van der Waals surface area contributed by atoms with E-state index in [1.807, 2.05) is 6.07 Å². The Balaban J connectivity index is 2.29. The van der Waals surface area contributed by atoms with Gasteiger partial charge >= 0.3 is 0 Å². The Morgan fingerprint density at radius 3 is 2.83 bits per heavy atom. The minimum Gasteiger partial charge on any atom is -0.399 e. The minimum absolute atomic E-state index is 0.567. The lowest BCUT2D eigenvalue weighted by atomic mass is 10.1. The summed E-state index contributed by atoms with van der Waals surface area (Å²) in [5.74, 6) is 0.667. The Hall–Kier alpha value is -1.73. The number of nitriles is 1. The van der Waals surface area contributed by atoms with Gasteiger partial charge < -0.3 is 15.8 Å². The number of nitrogens with zero attached hydrogens (tertiary/aromatic N) is 1. The van der Waals surface area contributed by atoms with Crippen LogP contribution in [0.5, 0.6) is 0 Å². The van der Waals surface area contributed by atoms with Crippen LogP contribution in [0.2, 0.25) is 0 Å². The van der Waals surface area contributed by atoms with Crippen molar-refractivity contribution in [3.05, 3.63) is 23.8 Å². The van der Waals surface area contributed by atoms with Crippen LogP contribution in [-0.2, 0) is 4.74 Å². The first-order valence-electron chi connectivity index (χ1n) is 6.24. The molecule has 0 aromatic heterocycles. The fourth-order valence-electron chi connectivity index (χ4n) is 1.49. The Bertz CT molecular complexity index is 410. The number of rotatable bonds is 7. The molecule has 4 heteroatoms. The fourth-order valence-corrected chi connectivity index (χ4v) is 1.49. The number of hydrogen-bond acceptors (Lipinski definition) is 4. The van der Waals surface area contributed by atoms with E-state index in [1.54, 1.807) is 12.1 Å². The van der Waals surface area contributed by atoms with E-state index in [2.05, 4.69) is 25.2 Å². The van der Waals surface area contributed by atoms with E-state index >= 15 is 0 Å². The molecule has 18 heavy (non-hydrogen) atoms. The smallest absolute Gasteiger partial charge is 0.101 e. The van der Waals surface area contributed by atoms with Crippen LogP contribution in [0.3, 0.4) is 0 Å². The summed E-state index contributed by atoms with van der Waals surface area (Å²) < 4.78 is 5.49. The molecule has 0 heterocycles. The summed E-state index contributed by atoms with van der Waals surface area (Å²) >= 11 is 0. The molecule has 0 radical (unpaired) electrons. The number of ether oxygens (including phenoxy) is 1. The van der Waals surface area contributed by atoms with E-state index in [0.29, 0.717) is 30.3 Å². The zero-order valence-electron chi connectivity index (χ0n) is 11.1. The monoisotopic (exact) mass is 247 g/mol. The molecule has 0 aliphatic heterocycles. The minimum atomic E-state index is 0.567. The highest BCUT2D eigenvalue weighted by Crippen LogP contribution is 2.17. The molecule has 3 N–H and O–H groups in total. The third kappa shape index (κ3) is 5.07. The van der Waals surface area contributed by atoms with Crippen LogP contribution < -0.4 is 11.1 Å². The highest BCUT2D eigenvalue weighted by atomic mass is 16.5. The normalized spacial score (nSPS) is 10.3.